The predicted molar refractivity (Wildman–Crippen MR) is 75.8 cm³/mol. The first-order chi connectivity index (χ1) is 10.3. The number of hydrogen-bond acceptors (Lipinski definition) is 5. The summed E-state index contributed by atoms with van der Waals surface area (Å²) < 4.78 is 68.4. The van der Waals surface area contributed by atoms with Gasteiger partial charge < -0.3 is 13.8 Å². The van der Waals surface area contributed by atoms with E-state index in [0.29, 0.717) is 6.42 Å². The third-order valence-corrected chi connectivity index (χ3v) is 3.92. The highest BCUT2D eigenvalue weighted by Gasteiger charge is 2.49. The van der Waals surface area contributed by atoms with Gasteiger partial charge in [0.2, 0.25) is 0 Å². The second kappa shape index (κ2) is 6.58. The molecule has 0 aromatic rings. The minimum Gasteiger partial charge on any atom is -0.444 e. The summed E-state index contributed by atoms with van der Waals surface area (Å²) in [6.07, 6.45) is 0.818. The normalized spacial score (nSPS) is 20.0. The summed E-state index contributed by atoms with van der Waals surface area (Å²) in [6.45, 7) is 6.79. The average molecular weight is 359 g/mol. The van der Waals surface area contributed by atoms with Gasteiger partial charge in [0, 0.05) is 13.0 Å². The number of alkyl halides is 3. The summed E-state index contributed by atoms with van der Waals surface area (Å²) in [5.41, 5.74) is -6.20. The molecule has 10 heteroatoms. The van der Waals surface area contributed by atoms with Crippen molar-refractivity contribution in [1.82, 2.24) is 4.90 Å². The average Bonchev–Trinajstić information content (AvgIpc) is 2.34. The van der Waals surface area contributed by atoms with Crippen LogP contribution in [-0.4, -0.2) is 43.1 Å². The van der Waals surface area contributed by atoms with Crippen molar-refractivity contribution in [3.8, 4) is 0 Å². The molecule has 1 amide bonds. The molecular formula is C13H20F3NO5S. The van der Waals surface area contributed by atoms with Crippen LogP contribution in [0.15, 0.2) is 11.8 Å². The Morgan fingerprint density at radius 2 is 1.91 bits per heavy atom. The van der Waals surface area contributed by atoms with Gasteiger partial charge in [0.05, 0.1) is 6.04 Å². The van der Waals surface area contributed by atoms with E-state index in [0.717, 1.165) is 0 Å². The lowest BCUT2D eigenvalue weighted by Crippen LogP contribution is -2.45. The molecule has 0 fully saturated rings. The van der Waals surface area contributed by atoms with Gasteiger partial charge in [-0.05, 0) is 33.3 Å². The van der Waals surface area contributed by atoms with E-state index in [1.165, 1.54) is 11.0 Å². The van der Waals surface area contributed by atoms with Crippen LogP contribution in [0.1, 0.15) is 40.5 Å². The first-order valence-electron chi connectivity index (χ1n) is 6.98. The second-order valence-electron chi connectivity index (χ2n) is 6.02. The molecule has 0 N–H and O–H groups in total. The molecule has 1 unspecified atom stereocenters. The Balaban J connectivity index is 2.90. The third kappa shape index (κ3) is 5.29. The fraction of sp³-hybridized carbons (Fsp3) is 0.769. The van der Waals surface area contributed by atoms with E-state index in [1.54, 1.807) is 27.7 Å². The zero-order valence-electron chi connectivity index (χ0n) is 13.3. The lowest BCUT2D eigenvalue weighted by Gasteiger charge is -2.34. The lowest BCUT2D eigenvalue weighted by molar-refractivity contribution is -0.0527. The Labute approximate surface area is 133 Å². The van der Waals surface area contributed by atoms with Gasteiger partial charge in [-0.25, -0.2) is 4.79 Å². The van der Waals surface area contributed by atoms with Gasteiger partial charge in [0.25, 0.3) is 0 Å². The summed E-state index contributed by atoms with van der Waals surface area (Å²) in [7, 11) is -5.70. The molecule has 0 aromatic heterocycles. The van der Waals surface area contributed by atoms with E-state index in [2.05, 4.69) is 4.18 Å². The first-order valence-corrected chi connectivity index (χ1v) is 8.38. The molecule has 0 bridgehead atoms. The van der Waals surface area contributed by atoms with Crippen molar-refractivity contribution in [2.45, 2.75) is 57.7 Å². The Bertz CT molecular complexity index is 577. The van der Waals surface area contributed by atoms with Crippen molar-refractivity contribution in [1.29, 1.82) is 0 Å². The number of carbonyl (C=O) groups is 1. The highest BCUT2D eigenvalue weighted by atomic mass is 32.2. The maximum atomic E-state index is 12.3. The largest absolute Gasteiger partial charge is 0.534 e. The van der Waals surface area contributed by atoms with Crippen molar-refractivity contribution in [3.63, 3.8) is 0 Å². The quantitative estimate of drug-likeness (QED) is 0.572. The van der Waals surface area contributed by atoms with Gasteiger partial charge in [-0.15, -0.1) is 0 Å². The van der Waals surface area contributed by atoms with E-state index < -0.39 is 33.4 Å². The van der Waals surface area contributed by atoms with Gasteiger partial charge in [0.1, 0.15) is 11.4 Å². The van der Waals surface area contributed by atoms with Crippen molar-refractivity contribution >= 4 is 16.2 Å². The molecule has 1 aliphatic rings. The minimum absolute atomic E-state index is 0.00658. The molecule has 0 radical (unpaired) electrons. The highest BCUT2D eigenvalue weighted by Crippen LogP contribution is 2.30. The molecule has 1 rings (SSSR count). The van der Waals surface area contributed by atoms with Crippen LogP contribution in [0, 0.1) is 0 Å². The number of halogens is 3. The molecular weight excluding hydrogens is 339 g/mol. The van der Waals surface area contributed by atoms with Crippen LogP contribution in [0.25, 0.3) is 0 Å². The standard InChI is InChI=1S/C13H20F3NO5S/c1-5-9-8-10(22-23(19,20)13(14,15)16)6-7-17(9)11(18)21-12(2,3)4/h8-9H,5-7H2,1-4H3. The van der Waals surface area contributed by atoms with Crippen molar-refractivity contribution in [2.24, 2.45) is 0 Å². The van der Waals surface area contributed by atoms with Crippen LogP contribution in [0.3, 0.4) is 0 Å². The van der Waals surface area contributed by atoms with Gasteiger partial charge >= 0.3 is 21.7 Å². The Hall–Kier alpha value is -1.45. The molecule has 134 valence electrons. The third-order valence-electron chi connectivity index (χ3n) is 2.92. The number of ether oxygens (including phenoxy) is 1. The van der Waals surface area contributed by atoms with E-state index >= 15 is 0 Å². The molecule has 23 heavy (non-hydrogen) atoms. The molecule has 0 saturated carbocycles. The van der Waals surface area contributed by atoms with E-state index in [1.807, 2.05) is 0 Å². The van der Waals surface area contributed by atoms with Crippen molar-refractivity contribution in [2.75, 3.05) is 6.54 Å². The summed E-state index contributed by atoms with van der Waals surface area (Å²) in [5, 5.41) is 0. The van der Waals surface area contributed by atoms with E-state index in [9.17, 15) is 26.4 Å². The van der Waals surface area contributed by atoms with Crippen LogP contribution in [-0.2, 0) is 19.0 Å². The van der Waals surface area contributed by atoms with Crippen LogP contribution in [0.2, 0.25) is 0 Å². The number of amides is 1. The fourth-order valence-corrected chi connectivity index (χ4v) is 2.44. The van der Waals surface area contributed by atoms with Crippen molar-refractivity contribution < 1.29 is 35.3 Å². The van der Waals surface area contributed by atoms with Crippen LogP contribution in [0.5, 0.6) is 0 Å². The molecule has 0 spiro atoms. The first kappa shape index (κ1) is 19.6. The maximum absolute atomic E-state index is 12.3. The summed E-state index contributed by atoms with van der Waals surface area (Å²) >= 11 is 0. The molecule has 0 aliphatic carbocycles. The topological polar surface area (TPSA) is 72.9 Å². The van der Waals surface area contributed by atoms with Gasteiger partial charge in [-0.3, -0.25) is 0 Å². The van der Waals surface area contributed by atoms with Gasteiger partial charge in [-0.2, -0.15) is 21.6 Å². The van der Waals surface area contributed by atoms with Crippen LogP contribution < -0.4 is 0 Å². The Morgan fingerprint density at radius 3 is 2.35 bits per heavy atom. The summed E-state index contributed by atoms with van der Waals surface area (Å²) in [6, 6.07) is -0.600. The molecule has 1 atom stereocenters. The number of nitrogens with zero attached hydrogens (tertiary/aromatic N) is 1. The smallest absolute Gasteiger partial charge is 0.444 e. The Kier molecular flexibility index (Phi) is 5.61. The van der Waals surface area contributed by atoms with Gasteiger partial charge in [-0.1, -0.05) is 6.92 Å². The zero-order valence-corrected chi connectivity index (χ0v) is 14.1. The summed E-state index contributed by atoms with van der Waals surface area (Å²) in [4.78, 5) is 13.4. The lowest BCUT2D eigenvalue weighted by atomic mass is 10.1. The molecule has 1 aliphatic heterocycles. The molecule has 0 saturated heterocycles. The molecule has 1 heterocycles. The number of hydrogen-bond donors (Lipinski definition) is 0. The monoisotopic (exact) mass is 359 g/mol. The van der Waals surface area contributed by atoms with E-state index in [4.69, 9.17) is 4.74 Å². The summed E-state index contributed by atoms with van der Waals surface area (Å²) in [5.74, 6) is -0.325. The van der Waals surface area contributed by atoms with Crippen LogP contribution >= 0.6 is 0 Å². The minimum atomic E-state index is -5.70. The van der Waals surface area contributed by atoms with Crippen molar-refractivity contribution in [3.05, 3.63) is 11.8 Å². The van der Waals surface area contributed by atoms with Gasteiger partial charge in [0.15, 0.2) is 0 Å². The molecule has 6 nitrogen and oxygen atoms in total. The number of rotatable bonds is 3. The second-order valence-corrected chi connectivity index (χ2v) is 7.55. The molecule has 0 aromatic carbocycles. The van der Waals surface area contributed by atoms with Crippen LogP contribution in [0.4, 0.5) is 18.0 Å². The predicted octanol–water partition coefficient (Wildman–Crippen LogP) is 3.16. The SMILES string of the molecule is CCC1C=C(OS(=O)(=O)C(F)(F)F)CCN1C(=O)OC(C)(C)C. The number of carbonyl (C=O) groups excluding carboxylic acids is 1. The highest BCUT2D eigenvalue weighted by molar-refractivity contribution is 7.87. The van der Waals surface area contributed by atoms with E-state index in [-0.39, 0.29) is 18.7 Å². The fourth-order valence-electron chi connectivity index (χ4n) is 1.93. The maximum Gasteiger partial charge on any atom is 0.534 e. The Morgan fingerprint density at radius 1 is 1.35 bits per heavy atom. The zero-order chi connectivity index (χ0) is 18.1.